The Bertz CT molecular complexity index is 707. The zero-order valence-electron chi connectivity index (χ0n) is 21.1. The van der Waals surface area contributed by atoms with Gasteiger partial charge < -0.3 is 54.0 Å². The first-order valence-electron chi connectivity index (χ1n) is 11.6. The average molecular weight is 509 g/mol. The van der Waals surface area contributed by atoms with Gasteiger partial charge in [0.05, 0.1) is 24.9 Å². The fourth-order valence-corrected chi connectivity index (χ4v) is 3.52. The SMILES string of the molecule is C=C(C)C(=O)OC1C(O)C(COC2OC(COC(C)C)C(O)C(O)C2O)OC(OC(C)(C)C)C1O. The quantitative estimate of drug-likeness (QED) is 0.190. The van der Waals surface area contributed by atoms with Crippen LogP contribution in [0.25, 0.3) is 0 Å². The van der Waals surface area contributed by atoms with Crippen LogP contribution in [-0.2, 0) is 33.2 Å². The van der Waals surface area contributed by atoms with E-state index >= 15 is 0 Å². The van der Waals surface area contributed by atoms with E-state index < -0.39 is 79.6 Å². The Hall–Kier alpha value is -1.19. The highest BCUT2D eigenvalue weighted by atomic mass is 16.7. The van der Waals surface area contributed by atoms with Gasteiger partial charge in [0.15, 0.2) is 18.7 Å². The predicted octanol–water partition coefficient (Wildman–Crippen LogP) is -1.01. The molecule has 0 amide bonds. The second-order valence-electron chi connectivity index (χ2n) is 10.1. The first-order valence-corrected chi connectivity index (χ1v) is 11.6. The number of hydrogen-bond donors (Lipinski definition) is 5. The van der Waals surface area contributed by atoms with Crippen LogP contribution in [0.2, 0.25) is 0 Å². The van der Waals surface area contributed by atoms with E-state index in [-0.39, 0.29) is 18.3 Å². The highest BCUT2D eigenvalue weighted by molar-refractivity contribution is 5.87. The molecule has 2 heterocycles. The average Bonchev–Trinajstić information content (AvgIpc) is 2.75. The summed E-state index contributed by atoms with van der Waals surface area (Å²) in [5.41, 5.74) is -0.688. The van der Waals surface area contributed by atoms with Crippen LogP contribution < -0.4 is 0 Å². The molecule has 0 saturated carbocycles. The molecular formula is C23H40O12. The predicted molar refractivity (Wildman–Crippen MR) is 120 cm³/mol. The highest BCUT2D eigenvalue weighted by Crippen LogP contribution is 2.29. The molecule has 0 aromatic heterocycles. The molecule has 0 aromatic carbocycles. The maximum absolute atomic E-state index is 12.1. The lowest BCUT2D eigenvalue weighted by Gasteiger charge is -2.44. The van der Waals surface area contributed by atoms with Gasteiger partial charge in [0.1, 0.15) is 42.7 Å². The lowest BCUT2D eigenvalue weighted by molar-refractivity contribution is -0.341. The number of carbonyl (C=O) groups is 1. The van der Waals surface area contributed by atoms with E-state index in [1.807, 2.05) is 0 Å². The Morgan fingerprint density at radius 3 is 2.00 bits per heavy atom. The van der Waals surface area contributed by atoms with Crippen LogP contribution in [0.4, 0.5) is 0 Å². The van der Waals surface area contributed by atoms with E-state index in [0.29, 0.717) is 0 Å². The van der Waals surface area contributed by atoms with E-state index in [4.69, 9.17) is 28.4 Å². The lowest BCUT2D eigenvalue weighted by Crippen LogP contribution is -2.63. The third-order valence-electron chi connectivity index (χ3n) is 5.39. The summed E-state index contributed by atoms with van der Waals surface area (Å²) in [6, 6.07) is 0. The van der Waals surface area contributed by atoms with Crippen LogP contribution >= 0.6 is 0 Å². The van der Waals surface area contributed by atoms with Crippen molar-refractivity contribution in [1.29, 1.82) is 0 Å². The van der Waals surface area contributed by atoms with Crippen molar-refractivity contribution in [2.45, 2.75) is 115 Å². The number of esters is 1. The molecule has 10 atom stereocenters. The summed E-state index contributed by atoms with van der Waals surface area (Å²) in [5, 5.41) is 52.2. The fourth-order valence-electron chi connectivity index (χ4n) is 3.52. The minimum absolute atomic E-state index is 0.0579. The number of hydrogen-bond acceptors (Lipinski definition) is 12. The Kier molecular flexibility index (Phi) is 10.6. The molecule has 35 heavy (non-hydrogen) atoms. The van der Waals surface area contributed by atoms with Gasteiger partial charge in [-0.1, -0.05) is 6.58 Å². The molecule has 2 aliphatic rings. The van der Waals surface area contributed by atoms with Crippen molar-refractivity contribution in [2.75, 3.05) is 13.2 Å². The van der Waals surface area contributed by atoms with Crippen molar-refractivity contribution in [3.05, 3.63) is 12.2 Å². The van der Waals surface area contributed by atoms with E-state index in [0.717, 1.165) is 0 Å². The third-order valence-corrected chi connectivity index (χ3v) is 5.39. The maximum Gasteiger partial charge on any atom is 0.333 e. The van der Waals surface area contributed by atoms with E-state index in [1.54, 1.807) is 34.6 Å². The first kappa shape index (κ1) is 30.0. The second-order valence-corrected chi connectivity index (χ2v) is 10.1. The molecule has 2 fully saturated rings. The standard InChI is InChI=1S/C23H40O12/c1-10(2)20(29)34-19-15(25)13(33-22(18(19)28)35-23(5,6)7)9-31-21-17(27)16(26)14(24)12(32-21)8-30-11(3)4/h11-19,21-22,24-28H,1,8-9H2,2-7H3. The number of rotatable bonds is 9. The van der Waals surface area contributed by atoms with E-state index in [2.05, 4.69) is 6.58 Å². The first-order chi connectivity index (χ1) is 16.1. The van der Waals surface area contributed by atoms with Gasteiger partial charge in [0.2, 0.25) is 0 Å². The largest absolute Gasteiger partial charge is 0.453 e. The van der Waals surface area contributed by atoms with E-state index in [9.17, 15) is 30.3 Å². The molecule has 0 bridgehead atoms. The van der Waals surface area contributed by atoms with Gasteiger partial charge in [-0.15, -0.1) is 0 Å². The molecule has 0 spiro atoms. The van der Waals surface area contributed by atoms with Crippen molar-refractivity contribution in [2.24, 2.45) is 0 Å². The van der Waals surface area contributed by atoms with Gasteiger partial charge in [-0.25, -0.2) is 4.79 Å². The van der Waals surface area contributed by atoms with Gasteiger partial charge in [0.25, 0.3) is 0 Å². The van der Waals surface area contributed by atoms with Crippen LogP contribution in [0, 0.1) is 0 Å². The van der Waals surface area contributed by atoms with Crippen LogP contribution in [0.15, 0.2) is 12.2 Å². The highest BCUT2D eigenvalue weighted by Gasteiger charge is 2.50. The Morgan fingerprint density at radius 2 is 1.46 bits per heavy atom. The molecule has 10 unspecified atom stereocenters. The normalized spacial score (nSPS) is 38.4. The number of aliphatic hydroxyl groups is 5. The minimum Gasteiger partial charge on any atom is -0.453 e. The van der Waals surface area contributed by atoms with Gasteiger partial charge in [0, 0.05) is 5.57 Å². The van der Waals surface area contributed by atoms with Gasteiger partial charge in [-0.3, -0.25) is 0 Å². The maximum atomic E-state index is 12.1. The topological polar surface area (TPSA) is 174 Å². The summed E-state index contributed by atoms with van der Waals surface area (Å²) in [6.07, 6.45) is -14.1. The molecule has 2 saturated heterocycles. The molecule has 0 aromatic rings. The number of aliphatic hydroxyl groups excluding tert-OH is 5. The van der Waals surface area contributed by atoms with Crippen LogP contribution in [0.3, 0.4) is 0 Å². The van der Waals surface area contributed by atoms with Crippen molar-refractivity contribution < 1.29 is 58.7 Å². The summed E-state index contributed by atoms with van der Waals surface area (Å²) < 4.78 is 33.3. The summed E-state index contributed by atoms with van der Waals surface area (Å²) in [5.74, 6) is -0.819. The Labute approximate surface area is 205 Å². The summed E-state index contributed by atoms with van der Waals surface area (Å²) in [6.45, 7) is 13.2. The van der Waals surface area contributed by atoms with Crippen LogP contribution in [0.5, 0.6) is 0 Å². The molecule has 0 aliphatic carbocycles. The third kappa shape index (κ3) is 8.15. The van der Waals surface area contributed by atoms with Crippen molar-refractivity contribution in [1.82, 2.24) is 0 Å². The van der Waals surface area contributed by atoms with Crippen LogP contribution in [-0.4, -0.2) is 118 Å². The molecule has 0 radical (unpaired) electrons. The van der Waals surface area contributed by atoms with Crippen molar-refractivity contribution in [3.8, 4) is 0 Å². The molecule has 12 nitrogen and oxygen atoms in total. The molecule has 12 heteroatoms. The molecule has 5 N–H and O–H groups in total. The summed E-state index contributed by atoms with van der Waals surface area (Å²) in [4.78, 5) is 12.1. The van der Waals surface area contributed by atoms with Gasteiger partial charge >= 0.3 is 5.97 Å². The number of carbonyl (C=O) groups excluding carboxylic acids is 1. The Morgan fingerprint density at radius 1 is 0.886 bits per heavy atom. The number of ether oxygens (including phenoxy) is 6. The zero-order valence-corrected chi connectivity index (χ0v) is 21.1. The smallest absolute Gasteiger partial charge is 0.333 e. The monoisotopic (exact) mass is 508 g/mol. The van der Waals surface area contributed by atoms with Crippen molar-refractivity contribution in [3.63, 3.8) is 0 Å². The van der Waals surface area contributed by atoms with E-state index in [1.165, 1.54) is 6.92 Å². The molecule has 2 aliphatic heterocycles. The van der Waals surface area contributed by atoms with Gasteiger partial charge in [-0.2, -0.15) is 0 Å². The lowest BCUT2D eigenvalue weighted by atomic mass is 9.98. The van der Waals surface area contributed by atoms with Crippen LogP contribution in [0.1, 0.15) is 41.5 Å². The summed E-state index contributed by atoms with van der Waals surface area (Å²) in [7, 11) is 0. The zero-order chi connectivity index (χ0) is 26.7. The Balaban J connectivity index is 2.14. The summed E-state index contributed by atoms with van der Waals surface area (Å²) >= 11 is 0. The minimum atomic E-state index is -1.61. The second kappa shape index (κ2) is 12.4. The van der Waals surface area contributed by atoms with Gasteiger partial charge in [-0.05, 0) is 41.5 Å². The fraction of sp³-hybridized carbons (Fsp3) is 0.870. The molecular weight excluding hydrogens is 468 g/mol. The van der Waals surface area contributed by atoms with Crippen molar-refractivity contribution >= 4 is 5.97 Å². The molecule has 204 valence electrons. The molecule has 2 rings (SSSR count).